The zero-order valence-corrected chi connectivity index (χ0v) is 12.2. The molecule has 2 heterocycles. The van der Waals surface area contributed by atoms with Crippen molar-refractivity contribution in [3.05, 3.63) is 46.0 Å². The van der Waals surface area contributed by atoms with Crippen LogP contribution in [0.2, 0.25) is 0 Å². The minimum atomic E-state index is 0.417. The van der Waals surface area contributed by atoms with Crippen molar-refractivity contribution in [1.29, 1.82) is 0 Å². The number of thiophene rings is 1. The fourth-order valence-electron chi connectivity index (χ4n) is 2.22. The first-order valence-corrected chi connectivity index (χ1v) is 7.71. The quantitative estimate of drug-likeness (QED) is 0.859. The van der Waals surface area contributed by atoms with E-state index < -0.39 is 0 Å². The molecule has 0 aliphatic heterocycles. The molecule has 0 unspecified atom stereocenters. The third-order valence-corrected chi connectivity index (χ3v) is 4.32. The van der Waals surface area contributed by atoms with Crippen LogP contribution in [0, 0.1) is 11.8 Å². The molecule has 0 saturated heterocycles. The van der Waals surface area contributed by atoms with Gasteiger partial charge in [-0.05, 0) is 37.1 Å². The molecular weight excluding hydrogens is 268 g/mol. The second-order valence-corrected chi connectivity index (χ2v) is 6.16. The van der Waals surface area contributed by atoms with Crippen LogP contribution in [0.5, 0.6) is 0 Å². The molecule has 0 radical (unpaired) electrons. The van der Waals surface area contributed by atoms with Gasteiger partial charge in [0.25, 0.3) is 0 Å². The van der Waals surface area contributed by atoms with Crippen molar-refractivity contribution >= 4 is 11.3 Å². The Labute approximate surface area is 123 Å². The van der Waals surface area contributed by atoms with Crippen LogP contribution < -0.4 is 5.73 Å². The highest BCUT2D eigenvalue weighted by molar-refractivity contribution is 7.12. The molecular formula is C16H18N2OS. The van der Waals surface area contributed by atoms with Gasteiger partial charge in [0.1, 0.15) is 5.76 Å². The maximum atomic E-state index is 5.46. The number of nitrogens with zero attached hydrogens (tertiary/aromatic N) is 1. The van der Waals surface area contributed by atoms with Crippen molar-refractivity contribution in [2.24, 2.45) is 5.73 Å². The van der Waals surface area contributed by atoms with Gasteiger partial charge in [0.15, 0.2) is 0 Å². The number of furan rings is 1. The molecule has 104 valence electrons. The van der Waals surface area contributed by atoms with E-state index in [4.69, 9.17) is 10.2 Å². The Bertz CT molecular complexity index is 602. The molecule has 2 aromatic heterocycles. The van der Waals surface area contributed by atoms with E-state index in [9.17, 15) is 0 Å². The van der Waals surface area contributed by atoms with E-state index >= 15 is 0 Å². The van der Waals surface area contributed by atoms with Crippen LogP contribution in [0.25, 0.3) is 0 Å². The van der Waals surface area contributed by atoms with E-state index in [-0.39, 0.29) is 0 Å². The summed E-state index contributed by atoms with van der Waals surface area (Å²) in [5.74, 6) is 7.04. The van der Waals surface area contributed by atoms with Gasteiger partial charge in [-0.3, -0.25) is 4.90 Å². The highest BCUT2D eigenvalue weighted by Gasteiger charge is 2.29. The Morgan fingerprint density at radius 1 is 1.30 bits per heavy atom. The summed E-state index contributed by atoms with van der Waals surface area (Å²) in [5.41, 5.74) is 5.40. The minimum Gasteiger partial charge on any atom is -0.468 e. The summed E-state index contributed by atoms with van der Waals surface area (Å²) in [7, 11) is 0. The highest BCUT2D eigenvalue weighted by Crippen LogP contribution is 2.31. The number of rotatable bonds is 5. The second-order valence-electron chi connectivity index (χ2n) is 4.99. The third-order valence-electron chi connectivity index (χ3n) is 3.34. The lowest BCUT2D eigenvalue weighted by atomic mass is 10.3. The van der Waals surface area contributed by atoms with Crippen LogP contribution in [0.4, 0.5) is 0 Å². The fourth-order valence-corrected chi connectivity index (χ4v) is 3.13. The molecule has 1 fully saturated rings. The maximum Gasteiger partial charge on any atom is 0.117 e. The maximum absolute atomic E-state index is 5.46. The van der Waals surface area contributed by atoms with Crippen molar-refractivity contribution in [3.8, 4) is 11.8 Å². The van der Waals surface area contributed by atoms with E-state index in [0.717, 1.165) is 23.7 Å². The molecule has 1 aliphatic rings. The van der Waals surface area contributed by atoms with E-state index in [1.54, 1.807) is 17.6 Å². The van der Waals surface area contributed by atoms with Crippen LogP contribution in [-0.2, 0) is 13.1 Å². The zero-order valence-electron chi connectivity index (χ0n) is 11.3. The zero-order chi connectivity index (χ0) is 13.8. The normalized spacial score (nSPS) is 14.3. The van der Waals surface area contributed by atoms with E-state index in [1.165, 1.54) is 17.7 Å². The fraction of sp³-hybridized carbons (Fsp3) is 0.375. The summed E-state index contributed by atoms with van der Waals surface area (Å²) < 4.78 is 5.46. The van der Waals surface area contributed by atoms with Crippen molar-refractivity contribution in [2.75, 3.05) is 6.54 Å². The molecule has 0 atom stereocenters. The van der Waals surface area contributed by atoms with Gasteiger partial charge in [0, 0.05) is 17.5 Å². The second kappa shape index (κ2) is 6.27. The van der Waals surface area contributed by atoms with Gasteiger partial charge >= 0.3 is 0 Å². The van der Waals surface area contributed by atoms with Gasteiger partial charge in [0.05, 0.1) is 24.2 Å². The minimum absolute atomic E-state index is 0.417. The smallest absolute Gasteiger partial charge is 0.117 e. The first-order valence-electron chi connectivity index (χ1n) is 6.89. The first kappa shape index (κ1) is 13.4. The summed E-state index contributed by atoms with van der Waals surface area (Å²) in [6.07, 6.45) is 4.34. The topological polar surface area (TPSA) is 42.4 Å². The molecule has 3 rings (SSSR count). The van der Waals surface area contributed by atoms with Crippen molar-refractivity contribution < 1.29 is 4.42 Å². The number of nitrogens with two attached hydrogens (primary N) is 1. The van der Waals surface area contributed by atoms with Crippen LogP contribution in [0.3, 0.4) is 0 Å². The molecule has 0 amide bonds. The van der Waals surface area contributed by atoms with Gasteiger partial charge in [0.2, 0.25) is 0 Å². The molecule has 1 saturated carbocycles. The van der Waals surface area contributed by atoms with Crippen LogP contribution in [0.15, 0.2) is 34.9 Å². The molecule has 20 heavy (non-hydrogen) atoms. The summed E-state index contributed by atoms with van der Waals surface area (Å²) in [6.45, 7) is 2.28. The molecule has 4 heteroatoms. The number of hydrogen-bond donors (Lipinski definition) is 1. The van der Waals surface area contributed by atoms with Crippen molar-refractivity contribution in [3.63, 3.8) is 0 Å². The lowest BCUT2D eigenvalue weighted by Crippen LogP contribution is -2.24. The molecule has 2 aromatic rings. The molecule has 2 N–H and O–H groups in total. The van der Waals surface area contributed by atoms with Crippen molar-refractivity contribution in [2.45, 2.75) is 32.0 Å². The lowest BCUT2D eigenvalue weighted by Gasteiger charge is -2.19. The van der Waals surface area contributed by atoms with Gasteiger partial charge in [-0.15, -0.1) is 11.3 Å². The van der Waals surface area contributed by atoms with Gasteiger partial charge < -0.3 is 10.2 Å². The molecule has 1 aliphatic carbocycles. The predicted octanol–water partition coefficient (Wildman–Crippen LogP) is 2.82. The predicted molar refractivity (Wildman–Crippen MR) is 81.2 cm³/mol. The Hall–Kier alpha value is -1.54. The molecule has 0 bridgehead atoms. The summed E-state index contributed by atoms with van der Waals surface area (Å²) in [5, 5.41) is 0. The SMILES string of the molecule is NCC#Cc1ccc(CN(Cc2ccco2)C2CC2)s1. The van der Waals surface area contributed by atoms with Gasteiger partial charge in [-0.1, -0.05) is 11.8 Å². The van der Waals surface area contributed by atoms with E-state index in [1.807, 2.05) is 12.1 Å². The monoisotopic (exact) mass is 286 g/mol. The van der Waals surface area contributed by atoms with Gasteiger partial charge in [-0.2, -0.15) is 0 Å². The largest absolute Gasteiger partial charge is 0.468 e. The van der Waals surface area contributed by atoms with Crippen LogP contribution >= 0.6 is 11.3 Å². The molecule has 3 nitrogen and oxygen atoms in total. The lowest BCUT2D eigenvalue weighted by molar-refractivity contribution is 0.227. The molecule has 0 aromatic carbocycles. The third kappa shape index (κ3) is 3.51. The van der Waals surface area contributed by atoms with Crippen LogP contribution in [-0.4, -0.2) is 17.5 Å². The van der Waals surface area contributed by atoms with Crippen molar-refractivity contribution in [1.82, 2.24) is 4.90 Å². The molecule has 0 spiro atoms. The van der Waals surface area contributed by atoms with Gasteiger partial charge in [-0.25, -0.2) is 0 Å². The van der Waals surface area contributed by atoms with Crippen LogP contribution in [0.1, 0.15) is 28.4 Å². The van der Waals surface area contributed by atoms with E-state index in [0.29, 0.717) is 12.6 Å². The Morgan fingerprint density at radius 2 is 2.20 bits per heavy atom. The van der Waals surface area contributed by atoms with E-state index in [2.05, 4.69) is 28.9 Å². The summed E-state index contributed by atoms with van der Waals surface area (Å²) >= 11 is 1.76. The Morgan fingerprint density at radius 3 is 2.90 bits per heavy atom. The summed E-state index contributed by atoms with van der Waals surface area (Å²) in [6, 6.07) is 8.96. The average molecular weight is 286 g/mol. The Balaban J connectivity index is 1.65. The first-order chi connectivity index (χ1) is 9.85. The summed E-state index contributed by atoms with van der Waals surface area (Å²) in [4.78, 5) is 4.94. The standard InChI is InChI=1S/C16H18N2OS/c17-9-1-4-15-7-8-16(20-15)12-18(13-5-6-13)11-14-3-2-10-19-14/h2-3,7-8,10,13H,5-6,9,11-12,17H2. The Kier molecular flexibility index (Phi) is 4.22. The highest BCUT2D eigenvalue weighted by atomic mass is 32.1. The average Bonchev–Trinajstić information content (AvgIpc) is 3.00. The number of hydrogen-bond acceptors (Lipinski definition) is 4.